The molecule has 0 aliphatic heterocycles. The first-order valence-electron chi connectivity index (χ1n) is 6.07. The summed E-state index contributed by atoms with van der Waals surface area (Å²) in [5, 5.41) is 12.3. The summed E-state index contributed by atoms with van der Waals surface area (Å²) < 4.78 is 0. The van der Waals surface area contributed by atoms with Gasteiger partial charge < -0.3 is 10.4 Å². The number of hydrogen-bond donors (Lipinski definition) is 2. The van der Waals surface area contributed by atoms with Gasteiger partial charge >= 0.3 is 5.97 Å². The second-order valence-corrected chi connectivity index (χ2v) is 6.28. The zero-order valence-corrected chi connectivity index (χ0v) is 12.4. The Hall–Kier alpha value is -1.49. The van der Waals surface area contributed by atoms with E-state index in [9.17, 15) is 14.7 Å². The van der Waals surface area contributed by atoms with Crippen LogP contribution in [0.4, 0.5) is 5.69 Å². The van der Waals surface area contributed by atoms with Gasteiger partial charge in [-0.15, -0.1) is 11.8 Å². The summed E-state index contributed by atoms with van der Waals surface area (Å²) in [6.07, 6.45) is 0. The van der Waals surface area contributed by atoms with Gasteiger partial charge in [0.2, 0.25) is 5.91 Å². The predicted octanol–water partition coefficient (Wildman–Crippen LogP) is 3.08. The van der Waals surface area contributed by atoms with Gasteiger partial charge in [0.15, 0.2) is 0 Å². The highest BCUT2D eigenvalue weighted by atomic mass is 32.2. The van der Waals surface area contributed by atoms with E-state index in [2.05, 4.69) is 5.32 Å². The van der Waals surface area contributed by atoms with Crippen molar-refractivity contribution in [3.8, 4) is 0 Å². The van der Waals surface area contributed by atoms with Crippen molar-refractivity contribution in [2.75, 3.05) is 11.1 Å². The van der Waals surface area contributed by atoms with Crippen LogP contribution in [0.1, 0.15) is 35.3 Å². The minimum Gasteiger partial charge on any atom is -0.478 e. The molecule has 19 heavy (non-hydrogen) atoms. The number of carbonyl (C=O) groups is 2. The van der Waals surface area contributed by atoms with Crippen molar-refractivity contribution < 1.29 is 14.7 Å². The van der Waals surface area contributed by atoms with Crippen LogP contribution in [0.3, 0.4) is 0 Å². The Morgan fingerprint density at radius 1 is 1.32 bits per heavy atom. The summed E-state index contributed by atoms with van der Waals surface area (Å²) in [6.45, 7) is 7.65. The number of aromatic carboxylic acids is 1. The fourth-order valence-corrected chi connectivity index (χ4v) is 2.28. The Morgan fingerprint density at radius 2 is 1.95 bits per heavy atom. The number of rotatable bonds is 5. The van der Waals surface area contributed by atoms with Gasteiger partial charge in [0, 0.05) is 0 Å². The van der Waals surface area contributed by atoms with Crippen LogP contribution in [0.5, 0.6) is 0 Å². The van der Waals surface area contributed by atoms with Gasteiger partial charge in [-0.05, 0) is 36.3 Å². The summed E-state index contributed by atoms with van der Waals surface area (Å²) in [6, 6.07) is 3.43. The summed E-state index contributed by atoms with van der Waals surface area (Å²) in [7, 11) is 0. The molecule has 1 aromatic rings. The maximum absolute atomic E-state index is 11.8. The van der Waals surface area contributed by atoms with E-state index in [0.29, 0.717) is 16.7 Å². The smallest absolute Gasteiger partial charge is 0.337 e. The number of nitrogens with one attached hydrogen (secondary N) is 1. The largest absolute Gasteiger partial charge is 0.478 e. The van der Waals surface area contributed by atoms with Gasteiger partial charge in [-0.2, -0.15) is 0 Å². The predicted molar refractivity (Wildman–Crippen MR) is 79.1 cm³/mol. The Labute approximate surface area is 117 Å². The molecule has 1 rings (SSSR count). The van der Waals surface area contributed by atoms with Crippen LogP contribution in [0.2, 0.25) is 0 Å². The Morgan fingerprint density at radius 3 is 2.47 bits per heavy atom. The van der Waals surface area contributed by atoms with Crippen LogP contribution >= 0.6 is 11.8 Å². The molecule has 0 heterocycles. The third-order valence-electron chi connectivity index (χ3n) is 2.52. The zero-order chi connectivity index (χ0) is 14.6. The Bertz CT molecular complexity index is 498. The molecule has 0 atom stereocenters. The molecule has 0 bridgehead atoms. The molecule has 0 radical (unpaired) electrons. The number of thioether (sulfide) groups is 1. The lowest BCUT2D eigenvalue weighted by Gasteiger charge is -2.13. The third kappa shape index (κ3) is 4.59. The molecule has 0 aliphatic carbocycles. The van der Waals surface area contributed by atoms with E-state index in [1.807, 2.05) is 26.8 Å². The number of carbonyl (C=O) groups excluding carboxylic acids is 1. The summed E-state index contributed by atoms with van der Waals surface area (Å²) in [5.74, 6) is -0.879. The maximum Gasteiger partial charge on any atom is 0.337 e. The van der Waals surface area contributed by atoms with E-state index in [0.717, 1.165) is 11.1 Å². The average molecular weight is 281 g/mol. The first-order valence-corrected chi connectivity index (χ1v) is 7.12. The van der Waals surface area contributed by atoms with Crippen molar-refractivity contribution in [3.63, 3.8) is 0 Å². The van der Waals surface area contributed by atoms with Gasteiger partial charge in [-0.1, -0.05) is 19.9 Å². The monoisotopic (exact) mass is 281 g/mol. The van der Waals surface area contributed by atoms with Crippen LogP contribution in [0.15, 0.2) is 12.1 Å². The molecular weight excluding hydrogens is 262 g/mol. The quantitative estimate of drug-likeness (QED) is 0.870. The van der Waals surface area contributed by atoms with Crippen LogP contribution in [-0.4, -0.2) is 28.0 Å². The highest BCUT2D eigenvalue weighted by molar-refractivity contribution is 8.00. The minimum absolute atomic E-state index is 0.139. The van der Waals surface area contributed by atoms with Gasteiger partial charge in [-0.25, -0.2) is 4.79 Å². The highest BCUT2D eigenvalue weighted by Gasteiger charge is 2.15. The van der Waals surface area contributed by atoms with Crippen molar-refractivity contribution in [2.24, 2.45) is 0 Å². The number of benzene rings is 1. The van der Waals surface area contributed by atoms with Gasteiger partial charge in [-0.3, -0.25) is 4.79 Å². The second-order valence-electron chi connectivity index (χ2n) is 4.72. The fraction of sp³-hybridized carbons (Fsp3) is 0.429. The van der Waals surface area contributed by atoms with Crippen molar-refractivity contribution in [2.45, 2.75) is 32.9 Å². The molecule has 0 aliphatic rings. The van der Waals surface area contributed by atoms with Crippen molar-refractivity contribution in [3.05, 3.63) is 28.8 Å². The Kier molecular flexibility index (Phi) is 5.42. The van der Waals surface area contributed by atoms with Gasteiger partial charge in [0.05, 0.1) is 17.0 Å². The lowest BCUT2D eigenvalue weighted by molar-refractivity contribution is -0.113. The van der Waals surface area contributed by atoms with Crippen molar-refractivity contribution in [1.29, 1.82) is 0 Å². The molecule has 104 valence electrons. The SMILES string of the molecule is Cc1cc(C)c(NC(=O)CSC(C)C)c(C(=O)O)c1. The van der Waals surface area contributed by atoms with E-state index in [-0.39, 0.29) is 11.5 Å². The number of amides is 1. The highest BCUT2D eigenvalue weighted by Crippen LogP contribution is 2.23. The molecule has 2 N–H and O–H groups in total. The van der Waals surface area contributed by atoms with Crippen LogP contribution < -0.4 is 5.32 Å². The van der Waals surface area contributed by atoms with Crippen molar-refractivity contribution in [1.82, 2.24) is 0 Å². The molecule has 0 fully saturated rings. The molecule has 0 unspecified atom stereocenters. The zero-order valence-electron chi connectivity index (χ0n) is 11.6. The van der Waals surface area contributed by atoms with Gasteiger partial charge in [0.1, 0.15) is 0 Å². The standard InChI is InChI=1S/C14H19NO3S/c1-8(2)19-7-12(16)15-13-10(4)5-9(3)6-11(13)14(17)18/h5-6,8H,7H2,1-4H3,(H,15,16)(H,17,18). The van der Waals surface area contributed by atoms with E-state index in [1.165, 1.54) is 11.8 Å². The van der Waals surface area contributed by atoms with E-state index in [4.69, 9.17) is 0 Å². The molecule has 1 amide bonds. The van der Waals surface area contributed by atoms with Gasteiger partial charge in [0.25, 0.3) is 0 Å². The molecule has 1 aromatic carbocycles. The van der Waals surface area contributed by atoms with E-state index >= 15 is 0 Å². The number of aryl methyl sites for hydroxylation is 2. The summed E-state index contributed by atoms with van der Waals surface area (Å²) in [4.78, 5) is 23.0. The lowest BCUT2D eigenvalue weighted by Crippen LogP contribution is -2.18. The summed E-state index contributed by atoms with van der Waals surface area (Å²) >= 11 is 1.52. The van der Waals surface area contributed by atoms with Crippen LogP contribution in [-0.2, 0) is 4.79 Å². The first-order chi connectivity index (χ1) is 8.81. The third-order valence-corrected chi connectivity index (χ3v) is 3.62. The number of anilines is 1. The van der Waals surface area contributed by atoms with E-state index < -0.39 is 5.97 Å². The number of carboxylic acid groups (broad SMARTS) is 1. The molecule has 0 spiro atoms. The second kappa shape index (κ2) is 6.61. The Balaban J connectivity index is 2.94. The molecule has 0 saturated heterocycles. The summed E-state index contributed by atoms with van der Waals surface area (Å²) in [5.41, 5.74) is 2.16. The van der Waals surface area contributed by atoms with Crippen LogP contribution in [0, 0.1) is 13.8 Å². The molecule has 0 aromatic heterocycles. The number of carboxylic acids is 1. The number of hydrogen-bond acceptors (Lipinski definition) is 3. The van der Waals surface area contributed by atoms with Crippen LogP contribution in [0.25, 0.3) is 0 Å². The van der Waals surface area contributed by atoms with E-state index in [1.54, 1.807) is 13.0 Å². The maximum atomic E-state index is 11.8. The van der Waals surface area contributed by atoms with Crippen molar-refractivity contribution >= 4 is 29.3 Å². The topological polar surface area (TPSA) is 66.4 Å². The average Bonchev–Trinajstić information content (AvgIpc) is 2.29. The molecule has 5 heteroatoms. The molecular formula is C14H19NO3S. The first kappa shape index (κ1) is 15.6. The normalized spacial score (nSPS) is 10.6. The fourth-order valence-electron chi connectivity index (χ4n) is 1.72. The lowest BCUT2D eigenvalue weighted by atomic mass is 10.0. The minimum atomic E-state index is -1.03. The molecule has 4 nitrogen and oxygen atoms in total. The molecule has 0 saturated carbocycles.